The van der Waals surface area contributed by atoms with Crippen molar-refractivity contribution in [3.05, 3.63) is 12.8 Å². The highest BCUT2D eigenvalue weighted by molar-refractivity contribution is 5.55. The first kappa shape index (κ1) is 14.2. The Labute approximate surface area is 95.1 Å². The molecule has 0 saturated carbocycles. The smallest absolute Gasteiger partial charge is 0.0885 e. The first-order valence-electron chi connectivity index (χ1n) is 6.05. The first-order valence-corrected chi connectivity index (χ1v) is 6.05. The average Bonchev–Trinajstić information content (AvgIpc) is 2.25. The van der Waals surface area contributed by atoms with Crippen molar-refractivity contribution < 1.29 is 0 Å². The molecule has 0 rings (SSSR count). The molecule has 1 unspecified atom stereocenters. The van der Waals surface area contributed by atoms with Gasteiger partial charge in [-0.3, -0.25) is 4.99 Å². The van der Waals surface area contributed by atoms with Crippen LogP contribution in [-0.4, -0.2) is 24.8 Å². The molecule has 0 N–H and O–H groups in total. The predicted molar refractivity (Wildman–Crippen MR) is 69.2 cm³/mol. The summed E-state index contributed by atoms with van der Waals surface area (Å²) in [5.41, 5.74) is 0. The third-order valence-electron chi connectivity index (χ3n) is 2.66. The number of unbranched alkanes of at least 4 members (excludes halogenated alkanes) is 1. The van der Waals surface area contributed by atoms with Crippen LogP contribution in [0.15, 0.2) is 17.8 Å². The summed E-state index contributed by atoms with van der Waals surface area (Å²) in [4.78, 5) is 6.03. The summed E-state index contributed by atoms with van der Waals surface area (Å²) in [6.45, 7) is 9.40. The van der Waals surface area contributed by atoms with E-state index in [1.54, 1.807) is 7.05 Å². The molecule has 0 aromatic heterocycles. The van der Waals surface area contributed by atoms with Gasteiger partial charge < -0.3 is 4.90 Å². The van der Waals surface area contributed by atoms with Crippen molar-refractivity contribution in [1.82, 2.24) is 4.90 Å². The lowest BCUT2D eigenvalue weighted by molar-refractivity contribution is 0.426. The maximum Gasteiger partial charge on any atom is 0.0885 e. The highest BCUT2D eigenvalue weighted by atomic mass is 15.1. The molecular formula is C13H26N2. The fraction of sp³-hybridized carbons (Fsp3) is 0.769. The Morgan fingerprint density at radius 1 is 1.33 bits per heavy atom. The molecule has 0 bridgehead atoms. The van der Waals surface area contributed by atoms with Gasteiger partial charge in [-0.1, -0.05) is 39.7 Å². The van der Waals surface area contributed by atoms with E-state index >= 15 is 0 Å². The van der Waals surface area contributed by atoms with E-state index in [9.17, 15) is 0 Å². The Morgan fingerprint density at radius 2 is 2.00 bits per heavy atom. The van der Waals surface area contributed by atoms with Crippen LogP contribution < -0.4 is 0 Å². The van der Waals surface area contributed by atoms with Crippen molar-refractivity contribution in [1.29, 1.82) is 0 Å². The van der Waals surface area contributed by atoms with Gasteiger partial charge in [0.1, 0.15) is 0 Å². The lowest BCUT2D eigenvalue weighted by Crippen LogP contribution is -2.16. The summed E-state index contributed by atoms with van der Waals surface area (Å²) >= 11 is 0. The zero-order valence-electron chi connectivity index (χ0n) is 10.6. The van der Waals surface area contributed by atoms with E-state index < -0.39 is 0 Å². The van der Waals surface area contributed by atoms with Gasteiger partial charge in [0.05, 0.1) is 6.34 Å². The van der Waals surface area contributed by atoms with Gasteiger partial charge in [0.25, 0.3) is 0 Å². The van der Waals surface area contributed by atoms with Gasteiger partial charge >= 0.3 is 0 Å². The minimum absolute atomic E-state index is 0.857. The van der Waals surface area contributed by atoms with Crippen molar-refractivity contribution in [2.75, 3.05) is 13.6 Å². The van der Waals surface area contributed by atoms with Crippen LogP contribution in [0.5, 0.6) is 0 Å². The summed E-state index contributed by atoms with van der Waals surface area (Å²) in [6.07, 6.45) is 10.2. The van der Waals surface area contributed by atoms with Gasteiger partial charge in [-0.2, -0.15) is 0 Å². The van der Waals surface area contributed by atoms with Crippen LogP contribution in [-0.2, 0) is 0 Å². The first-order chi connectivity index (χ1) is 7.24. The second-order valence-electron chi connectivity index (χ2n) is 4.18. The van der Waals surface area contributed by atoms with E-state index in [-0.39, 0.29) is 0 Å². The molecule has 88 valence electrons. The topological polar surface area (TPSA) is 15.6 Å². The van der Waals surface area contributed by atoms with Crippen LogP contribution in [0.4, 0.5) is 0 Å². The lowest BCUT2D eigenvalue weighted by Gasteiger charge is -2.15. The molecule has 2 nitrogen and oxygen atoms in total. The minimum atomic E-state index is 0.857. The molecule has 2 heteroatoms. The standard InChI is InChI=1S/C13H26N2/c1-5-7-9-13(3)10-8-11-15(6-2)12-14-4/h6,12-13H,2,5,7-11H2,1,3-4H3. The molecule has 0 aliphatic carbocycles. The zero-order chi connectivity index (χ0) is 11.5. The SMILES string of the molecule is C=CN(C=NC)CCCC(C)CCCC. The van der Waals surface area contributed by atoms with Crippen molar-refractivity contribution in [3.8, 4) is 0 Å². The van der Waals surface area contributed by atoms with E-state index in [0.29, 0.717) is 0 Å². The minimum Gasteiger partial charge on any atom is -0.340 e. The lowest BCUT2D eigenvalue weighted by atomic mass is 9.99. The van der Waals surface area contributed by atoms with Crippen LogP contribution >= 0.6 is 0 Å². The van der Waals surface area contributed by atoms with Crippen LogP contribution in [0.1, 0.15) is 46.0 Å². The van der Waals surface area contributed by atoms with Crippen molar-refractivity contribution >= 4 is 6.34 Å². The molecule has 15 heavy (non-hydrogen) atoms. The monoisotopic (exact) mass is 210 g/mol. The summed E-state index contributed by atoms with van der Waals surface area (Å²) in [7, 11) is 1.79. The largest absolute Gasteiger partial charge is 0.340 e. The number of nitrogens with zero attached hydrogens (tertiary/aromatic N) is 2. The van der Waals surface area contributed by atoms with Gasteiger partial charge in [0.15, 0.2) is 0 Å². The predicted octanol–water partition coefficient (Wildman–Crippen LogP) is 3.70. The number of aliphatic imine (C=N–C) groups is 1. The second kappa shape index (κ2) is 9.75. The summed E-state index contributed by atoms with van der Waals surface area (Å²) < 4.78 is 0. The summed E-state index contributed by atoms with van der Waals surface area (Å²) in [5.74, 6) is 0.857. The second-order valence-corrected chi connectivity index (χ2v) is 4.18. The van der Waals surface area contributed by atoms with E-state index in [4.69, 9.17) is 0 Å². The highest BCUT2D eigenvalue weighted by Gasteiger charge is 2.02. The Kier molecular flexibility index (Phi) is 9.24. The van der Waals surface area contributed by atoms with Gasteiger partial charge in [-0.25, -0.2) is 0 Å². The van der Waals surface area contributed by atoms with E-state index in [2.05, 4.69) is 25.4 Å². The van der Waals surface area contributed by atoms with Gasteiger partial charge in [0.2, 0.25) is 0 Å². The van der Waals surface area contributed by atoms with Crippen molar-refractivity contribution in [3.63, 3.8) is 0 Å². The fourth-order valence-electron chi connectivity index (χ4n) is 1.66. The molecule has 0 heterocycles. The zero-order valence-corrected chi connectivity index (χ0v) is 10.6. The summed E-state index contributed by atoms with van der Waals surface area (Å²) in [5, 5.41) is 0. The molecule has 0 radical (unpaired) electrons. The molecule has 0 aromatic carbocycles. The fourth-order valence-corrected chi connectivity index (χ4v) is 1.66. The van der Waals surface area contributed by atoms with E-state index in [1.165, 1.54) is 32.1 Å². The van der Waals surface area contributed by atoms with E-state index in [0.717, 1.165) is 12.5 Å². The van der Waals surface area contributed by atoms with Crippen molar-refractivity contribution in [2.45, 2.75) is 46.0 Å². The third kappa shape index (κ3) is 8.22. The Hall–Kier alpha value is -0.790. The molecule has 0 saturated heterocycles. The van der Waals surface area contributed by atoms with Crippen LogP contribution in [0.3, 0.4) is 0 Å². The molecule has 0 aromatic rings. The Morgan fingerprint density at radius 3 is 2.53 bits per heavy atom. The molecule has 0 aliphatic rings. The van der Waals surface area contributed by atoms with Crippen LogP contribution in [0, 0.1) is 5.92 Å². The maximum absolute atomic E-state index is 3.98. The van der Waals surface area contributed by atoms with Gasteiger partial charge in [0, 0.05) is 13.6 Å². The molecule has 0 amide bonds. The van der Waals surface area contributed by atoms with Gasteiger partial charge in [-0.15, -0.1) is 0 Å². The third-order valence-corrected chi connectivity index (χ3v) is 2.66. The summed E-state index contributed by atoms with van der Waals surface area (Å²) in [6, 6.07) is 0. The quantitative estimate of drug-likeness (QED) is 0.418. The van der Waals surface area contributed by atoms with Crippen molar-refractivity contribution in [2.24, 2.45) is 10.9 Å². The highest BCUT2D eigenvalue weighted by Crippen LogP contribution is 2.13. The maximum atomic E-state index is 3.98. The molecule has 0 fully saturated rings. The molecule has 1 atom stereocenters. The Balaban J connectivity index is 3.53. The number of hydrogen-bond acceptors (Lipinski definition) is 1. The van der Waals surface area contributed by atoms with Crippen LogP contribution in [0.25, 0.3) is 0 Å². The molecule has 0 spiro atoms. The molecular weight excluding hydrogens is 184 g/mol. The molecule has 0 aliphatic heterocycles. The van der Waals surface area contributed by atoms with Crippen LogP contribution in [0.2, 0.25) is 0 Å². The number of hydrogen-bond donors (Lipinski definition) is 0. The normalized spacial score (nSPS) is 13.0. The Bertz CT molecular complexity index is 175. The van der Waals surface area contributed by atoms with Gasteiger partial charge in [-0.05, 0) is 25.0 Å². The van der Waals surface area contributed by atoms with E-state index in [1.807, 2.05) is 17.4 Å². The number of rotatable bonds is 9. The average molecular weight is 210 g/mol.